The van der Waals surface area contributed by atoms with E-state index in [4.69, 9.17) is 4.42 Å². The van der Waals surface area contributed by atoms with Gasteiger partial charge in [0.1, 0.15) is 12.3 Å². The fourth-order valence-electron chi connectivity index (χ4n) is 4.14. The zero-order valence-electron chi connectivity index (χ0n) is 16.5. The molecule has 2 aromatic heterocycles. The van der Waals surface area contributed by atoms with Crippen LogP contribution in [0.25, 0.3) is 10.9 Å². The van der Waals surface area contributed by atoms with E-state index < -0.39 is 5.69 Å². The number of furan rings is 1. The summed E-state index contributed by atoms with van der Waals surface area (Å²) >= 11 is 0. The van der Waals surface area contributed by atoms with Gasteiger partial charge in [0.25, 0.3) is 5.56 Å². The topological polar surface area (TPSA) is 77.5 Å². The van der Waals surface area contributed by atoms with Crippen LogP contribution in [0, 0.1) is 0 Å². The zero-order chi connectivity index (χ0) is 20.4. The van der Waals surface area contributed by atoms with Crippen LogP contribution in [0.15, 0.2) is 56.7 Å². The minimum Gasteiger partial charge on any atom is -0.467 e. The number of para-hydroxylation sites is 1. The van der Waals surface area contributed by atoms with Crippen molar-refractivity contribution in [2.75, 3.05) is 7.05 Å². The number of rotatable bonds is 5. The number of hydrogen-bond acceptors (Lipinski definition) is 4. The van der Waals surface area contributed by atoms with Crippen molar-refractivity contribution in [2.24, 2.45) is 0 Å². The fraction of sp³-hybridized carbons (Fsp3) is 0.409. The molecule has 2 heterocycles. The molecule has 152 valence electrons. The van der Waals surface area contributed by atoms with Gasteiger partial charge in [-0.05, 0) is 37.1 Å². The second kappa shape index (κ2) is 8.11. The summed E-state index contributed by atoms with van der Waals surface area (Å²) in [6.07, 6.45) is 6.95. The molecule has 1 amide bonds. The molecule has 0 aliphatic heterocycles. The van der Waals surface area contributed by atoms with E-state index in [0.29, 0.717) is 16.7 Å². The van der Waals surface area contributed by atoms with E-state index in [1.54, 1.807) is 41.3 Å². The van der Waals surface area contributed by atoms with Crippen molar-refractivity contribution >= 4 is 16.8 Å². The van der Waals surface area contributed by atoms with Gasteiger partial charge in [0, 0.05) is 13.1 Å². The van der Waals surface area contributed by atoms with Crippen LogP contribution in [0.4, 0.5) is 0 Å². The normalized spacial score (nSPS) is 14.9. The predicted octanol–water partition coefficient (Wildman–Crippen LogP) is 2.60. The van der Waals surface area contributed by atoms with Gasteiger partial charge in [0.2, 0.25) is 5.91 Å². The van der Waals surface area contributed by atoms with Gasteiger partial charge in [-0.2, -0.15) is 0 Å². The molecule has 1 aliphatic rings. The van der Waals surface area contributed by atoms with Crippen molar-refractivity contribution in [1.29, 1.82) is 0 Å². The van der Waals surface area contributed by atoms with Crippen LogP contribution in [0.2, 0.25) is 0 Å². The molecular formula is C22H25N3O4. The number of benzene rings is 1. The molecule has 29 heavy (non-hydrogen) atoms. The minimum atomic E-state index is -0.504. The highest BCUT2D eigenvalue weighted by Gasteiger charge is 2.24. The van der Waals surface area contributed by atoms with Crippen molar-refractivity contribution in [3.63, 3.8) is 0 Å². The summed E-state index contributed by atoms with van der Waals surface area (Å²) in [5.74, 6) is 0.393. The highest BCUT2D eigenvalue weighted by molar-refractivity contribution is 5.81. The lowest BCUT2D eigenvalue weighted by Crippen LogP contribution is -2.45. The largest absolute Gasteiger partial charge is 0.467 e. The highest BCUT2D eigenvalue weighted by atomic mass is 16.3. The van der Waals surface area contributed by atoms with Gasteiger partial charge in [0.05, 0.1) is 23.7 Å². The molecule has 0 bridgehead atoms. The number of nitrogens with zero attached hydrogens (tertiary/aromatic N) is 3. The average Bonchev–Trinajstić information content (AvgIpc) is 3.27. The summed E-state index contributed by atoms with van der Waals surface area (Å²) in [6, 6.07) is 10.6. The zero-order valence-corrected chi connectivity index (χ0v) is 16.5. The van der Waals surface area contributed by atoms with Crippen molar-refractivity contribution in [1.82, 2.24) is 14.0 Å². The van der Waals surface area contributed by atoms with Gasteiger partial charge in [-0.3, -0.25) is 18.7 Å². The molecule has 3 aromatic rings. The van der Waals surface area contributed by atoms with Crippen LogP contribution < -0.4 is 11.2 Å². The van der Waals surface area contributed by atoms with E-state index in [-0.39, 0.29) is 30.6 Å². The van der Waals surface area contributed by atoms with Crippen molar-refractivity contribution in [3.05, 3.63) is 69.3 Å². The number of amides is 1. The monoisotopic (exact) mass is 395 g/mol. The van der Waals surface area contributed by atoms with E-state index in [1.807, 2.05) is 7.05 Å². The first-order valence-corrected chi connectivity index (χ1v) is 10.1. The van der Waals surface area contributed by atoms with Gasteiger partial charge in [-0.15, -0.1) is 0 Å². The van der Waals surface area contributed by atoms with Gasteiger partial charge >= 0.3 is 5.69 Å². The molecule has 7 heteroatoms. The standard InChI is InChI=1S/C22H25N3O4/c1-23(16-8-3-2-4-9-16)20(26)15-24-19-12-6-5-11-18(19)21(27)25(22(24)28)14-17-10-7-13-29-17/h5-7,10-13,16H,2-4,8-9,14-15H2,1H3. The Hall–Kier alpha value is -3.09. The van der Waals surface area contributed by atoms with Gasteiger partial charge in [-0.1, -0.05) is 31.4 Å². The fourth-order valence-corrected chi connectivity index (χ4v) is 4.14. The first-order chi connectivity index (χ1) is 14.1. The van der Waals surface area contributed by atoms with Crippen LogP contribution in [0.5, 0.6) is 0 Å². The van der Waals surface area contributed by atoms with Crippen molar-refractivity contribution in [3.8, 4) is 0 Å². The molecule has 0 radical (unpaired) electrons. The van der Waals surface area contributed by atoms with Crippen LogP contribution in [0.3, 0.4) is 0 Å². The minimum absolute atomic E-state index is 0.0299. The second-order valence-electron chi connectivity index (χ2n) is 7.65. The maximum atomic E-state index is 13.2. The Labute approximate surface area is 168 Å². The molecule has 1 fully saturated rings. The summed E-state index contributed by atoms with van der Waals surface area (Å²) in [7, 11) is 1.81. The maximum absolute atomic E-state index is 13.2. The number of likely N-dealkylation sites (N-methyl/N-ethyl adjacent to an activating group) is 1. The van der Waals surface area contributed by atoms with Crippen LogP contribution in [-0.2, 0) is 17.9 Å². The summed E-state index contributed by atoms with van der Waals surface area (Å²) in [5.41, 5.74) is -0.412. The second-order valence-corrected chi connectivity index (χ2v) is 7.65. The van der Waals surface area contributed by atoms with Crippen molar-refractivity contribution in [2.45, 2.75) is 51.2 Å². The smallest absolute Gasteiger partial charge is 0.332 e. The first kappa shape index (κ1) is 19.2. The molecule has 7 nitrogen and oxygen atoms in total. The molecule has 1 saturated carbocycles. The summed E-state index contributed by atoms with van der Waals surface area (Å²) in [5, 5.41) is 0.409. The summed E-state index contributed by atoms with van der Waals surface area (Å²) in [4.78, 5) is 40.8. The Morgan fingerprint density at radius 3 is 2.55 bits per heavy atom. The summed E-state index contributed by atoms with van der Waals surface area (Å²) < 4.78 is 7.85. The molecule has 0 atom stereocenters. The van der Waals surface area contributed by atoms with Crippen LogP contribution >= 0.6 is 0 Å². The number of carbonyl (C=O) groups excluding carboxylic acids is 1. The van der Waals surface area contributed by atoms with Gasteiger partial charge in [0.15, 0.2) is 0 Å². The average molecular weight is 395 g/mol. The van der Waals surface area contributed by atoms with Crippen LogP contribution in [0.1, 0.15) is 37.9 Å². The first-order valence-electron chi connectivity index (χ1n) is 10.1. The lowest BCUT2D eigenvalue weighted by molar-refractivity contribution is -0.133. The molecule has 4 rings (SSSR count). The third-order valence-corrected chi connectivity index (χ3v) is 5.84. The van der Waals surface area contributed by atoms with Gasteiger partial charge < -0.3 is 9.32 Å². The van der Waals surface area contributed by atoms with E-state index >= 15 is 0 Å². The SMILES string of the molecule is CN(C(=O)Cn1c(=O)n(Cc2ccco2)c(=O)c2ccccc21)C1CCCCC1. The molecule has 1 aromatic carbocycles. The van der Waals surface area contributed by atoms with E-state index in [0.717, 1.165) is 30.3 Å². The third kappa shape index (κ3) is 3.77. The Morgan fingerprint density at radius 1 is 1.07 bits per heavy atom. The third-order valence-electron chi connectivity index (χ3n) is 5.84. The van der Waals surface area contributed by atoms with E-state index in [2.05, 4.69) is 0 Å². The van der Waals surface area contributed by atoms with Gasteiger partial charge in [-0.25, -0.2) is 4.79 Å². The predicted molar refractivity (Wildman–Crippen MR) is 110 cm³/mol. The molecule has 0 N–H and O–H groups in total. The molecule has 0 unspecified atom stereocenters. The number of hydrogen-bond donors (Lipinski definition) is 0. The summed E-state index contributed by atoms with van der Waals surface area (Å²) in [6.45, 7) is -0.0626. The molecule has 0 saturated heterocycles. The lowest BCUT2D eigenvalue weighted by atomic mass is 9.94. The van der Waals surface area contributed by atoms with E-state index in [9.17, 15) is 14.4 Å². The number of carbonyl (C=O) groups is 1. The Kier molecular flexibility index (Phi) is 5.38. The van der Waals surface area contributed by atoms with E-state index in [1.165, 1.54) is 17.3 Å². The Bertz CT molecular complexity index is 1120. The molecular weight excluding hydrogens is 370 g/mol. The molecule has 0 spiro atoms. The highest BCUT2D eigenvalue weighted by Crippen LogP contribution is 2.22. The number of fused-ring (bicyclic) bond motifs is 1. The Morgan fingerprint density at radius 2 is 1.83 bits per heavy atom. The van der Waals surface area contributed by atoms with Crippen LogP contribution in [-0.4, -0.2) is 33.0 Å². The number of aromatic nitrogens is 2. The van der Waals surface area contributed by atoms with Crippen molar-refractivity contribution < 1.29 is 9.21 Å². The maximum Gasteiger partial charge on any atom is 0.332 e. The Balaban J connectivity index is 1.73. The molecule has 1 aliphatic carbocycles. The quantitative estimate of drug-likeness (QED) is 0.665. The lowest BCUT2D eigenvalue weighted by Gasteiger charge is -2.31.